The van der Waals surface area contributed by atoms with E-state index in [9.17, 15) is 0 Å². The Morgan fingerprint density at radius 2 is 2.08 bits per heavy atom. The predicted molar refractivity (Wildman–Crippen MR) is 47.9 cm³/mol. The summed E-state index contributed by atoms with van der Waals surface area (Å²) >= 11 is 0. The summed E-state index contributed by atoms with van der Waals surface area (Å²) in [7, 11) is 0. The van der Waals surface area contributed by atoms with Crippen LogP contribution in [0.2, 0.25) is 0 Å². The molecule has 2 fully saturated rings. The maximum absolute atomic E-state index is 5.85. The van der Waals surface area contributed by atoms with Crippen LogP contribution in [0.15, 0.2) is 0 Å². The van der Waals surface area contributed by atoms with Crippen molar-refractivity contribution in [3.8, 4) is 0 Å². The summed E-state index contributed by atoms with van der Waals surface area (Å²) in [5.41, 5.74) is 5.85. The maximum Gasteiger partial charge on any atom is 0.0621 e. The topological polar surface area (TPSA) is 47.3 Å². The summed E-state index contributed by atoms with van der Waals surface area (Å²) in [4.78, 5) is 0. The van der Waals surface area contributed by atoms with Crippen LogP contribution in [0.25, 0.3) is 0 Å². The maximum atomic E-state index is 5.85. The SMILES string of the molecule is NC1COCC1CNCC1CC1. The van der Waals surface area contributed by atoms with Crippen molar-refractivity contribution in [3.63, 3.8) is 0 Å². The molecule has 0 aromatic rings. The normalized spacial score (nSPS) is 35.8. The molecule has 3 N–H and O–H groups in total. The van der Waals surface area contributed by atoms with Gasteiger partial charge in [0.1, 0.15) is 0 Å². The van der Waals surface area contributed by atoms with Crippen LogP contribution < -0.4 is 11.1 Å². The van der Waals surface area contributed by atoms with E-state index in [1.165, 1.54) is 19.4 Å². The van der Waals surface area contributed by atoms with Gasteiger partial charge in [0.2, 0.25) is 0 Å². The molecule has 0 amide bonds. The first-order chi connectivity index (χ1) is 5.86. The first kappa shape index (κ1) is 8.48. The average molecular weight is 170 g/mol. The van der Waals surface area contributed by atoms with E-state index in [0.717, 1.165) is 25.7 Å². The van der Waals surface area contributed by atoms with E-state index in [4.69, 9.17) is 10.5 Å². The fourth-order valence-electron chi connectivity index (χ4n) is 1.62. The van der Waals surface area contributed by atoms with Crippen LogP contribution in [-0.2, 0) is 4.74 Å². The van der Waals surface area contributed by atoms with E-state index >= 15 is 0 Å². The van der Waals surface area contributed by atoms with E-state index in [-0.39, 0.29) is 6.04 Å². The van der Waals surface area contributed by atoms with Crippen molar-refractivity contribution >= 4 is 0 Å². The fourth-order valence-corrected chi connectivity index (χ4v) is 1.62. The first-order valence-electron chi connectivity index (χ1n) is 4.90. The Balaban J connectivity index is 1.58. The molecule has 70 valence electrons. The fraction of sp³-hybridized carbons (Fsp3) is 1.00. The minimum Gasteiger partial charge on any atom is -0.379 e. The molecule has 1 saturated carbocycles. The smallest absolute Gasteiger partial charge is 0.0621 e. The molecule has 2 unspecified atom stereocenters. The Hall–Kier alpha value is -0.120. The van der Waals surface area contributed by atoms with Crippen molar-refractivity contribution in [2.24, 2.45) is 17.6 Å². The van der Waals surface area contributed by atoms with Crippen molar-refractivity contribution in [2.75, 3.05) is 26.3 Å². The molecule has 1 aliphatic heterocycles. The Bertz CT molecular complexity index is 147. The average Bonchev–Trinajstić information content (AvgIpc) is 2.78. The van der Waals surface area contributed by atoms with Gasteiger partial charge in [-0.2, -0.15) is 0 Å². The van der Waals surface area contributed by atoms with Gasteiger partial charge in [0.05, 0.1) is 13.2 Å². The molecule has 1 aliphatic carbocycles. The lowest BCUT2D eigenvalue weighted by Gasteiger charge is -2.13. The monoisotopic (exact) mass is 170 g/mol. The highest BCUT2D eigenvalue weighted by atomic mass is 16.5. The van der Waals surface area contributed by atoms with Crippen LogP contribution in [-0.4, -0.2) is 32.3 Å². The molecule has 12 heavy (non-hydrogen) atoms. The Morgan fingerprint density at radius 3 is 2.67 bits per heavy atom. The minimum absolute atomic E-state index is 0.261. The van der Waals surface area contributed by atoms with E-state index in [1.54, 1.807) is 0 Å². The summed E-state index contributed by atoms with van der Waals surface area (Å²) in [5.74, 6) is 1.51. The van der Waals surface area contributed by atoms with Gasteiger partial charge in [-0.25, -0.2) is 0 Å². The molecule has 2 aliphatic rings. The highest BCUT2D eigenvalue weighted by molar-refractivity contribution is 4.81. The van der Waals surface area contributed by atoms with Crippen LogP contribution in [0, 0.1) is 11.8 Å². The summed E-state index contributed by atoms with van der Waals surface area (Å²) in [6.45, 7) is 3.81. The third-order valence-electron chi connectivity index (χ3n) is 2.78. The highest BCUT2D eigenvalue weighted by Gasteiger charge is 2.25. The van der Waals surface area contributed by atoms with Gasteiger partial charge in [-0.3, -0.25) is 0 Å². The van der Waals surface area contributed by atoms with Gasteiger partial charge < -0.3 is 15.8 Å². The molecule has 3 nitrogen and oxygen atoms in total. The first-order valence-corrected chi connectivity index (χ1v) is 4.90. The molecular weight excluding hydrogens is 152 g/mol. The van der Waals surface area contributed by atoms with Crippen molar-refractivity contribution < 1.29 is 4.74 Å². The standard InChI is InChI=1S/C9H18N2O/c10-9-6-12-5-8(9)4-11-3-7-1-2-7/h7-9,11H,1-6,10H2. The zero-order chi connectivity index (χ0) is 8.39. The molecule has 0 aromatic heterocycles. The summed E-state index contributed by atoms with van der Waals surface area (Å²) < 4.78 is 5.28. The van der Waals surface area contributed by atoms with Gasteiger partial charge in [0.15, 0.2) is 0 Å². The molecular formula is C9H18N2O. The zero-order valence-electron chi connectivity index (χ0n) is 7.46. The molecule has 0 spiro atoms. The van der Waals surface area contributed by atoms with Crippen LogP contribution in [0.4, 0.5) is 0 Å². The highest BCUT2D eigenvalue weighted by Crippen LogP contribution is 2.27. The number of nitrogens with one attached hydrogen (secondary N) is 1. The van der Waals surface area contributed by atoms with Gasteiger partial charge in [0.25, 0.3) is 0 Å². The van der Waals surface area contributed by atoms with Crippen molar-refractivity contribution in [1.82, 2.24) is 5.32 Å². The number of ether oxygens (including phenoxy) is 1. The van der Waals surface area contributed by atoms with Gasteiger partial charge in [-0.15, -0.1) is 0 Å². The minimum atomic E-state index is 0.261. The van der Waals surface area contributed by atoms with Crippen molar-refractivity contribution in [2.45, 2.75) is 18.9 Å². The summed E-state index contributed by atoms with van der Waals surface area (Å²) in [6, 6.07) is 0.261. The third-order valence-corrected chi connectivity index (χ3v) is 2.78. The lowest BCUT2D eigenvalue weighted by atomic mass is 10.1. The van der Waals surface area contributed by atoms with Gasteiger partial charge in [-0.1, -0.05) is 0 Å². The summed E-state index contributed by atoms with van der Waals surface area (Å²) in [5, 5.41) is 3.46. The lowest BCUT2D eigenvalue weighted by Crippen LogP contribution is -2.36. The second kappa shape index (κ2) is 3.73. The van der Waals surface area contributed by atoms with Crippen molar-refractivity contribution in [3.05, 3.63) is 0 Å². The molecule has 1 heterocycles. The molecule has 1 saturated heterocycles. The van der Waals surface area contributed by atoms with Crippen LogP contribution in [0.1, 0.15) is 12.8 Å². The van der Waals surface area contributed by atoms with E-state index in [1.807, 2.05) is 0 Å². The largest absolute Gasteiger partial charge is 0.379 e. The molecule has 0 bridgehead atoms. The third kappa shape index (κ3) is 2.19. The second-order valence-corrected chi connectivity index (χ2v) is 4.06. The van der Waals surface area contributed by atoms with Crippen LogP contribution in [0.5, 0.6) is 0 Å². The quantitative estimate of drug-likeness (QED) is 0.622. The van der Waals surface area contributed by atoms with Gasteiger partial charge in [0, 0.05) is 18.5 Å². The van der Waals surface area contributed by atoms with Gasteiger partial charge in [-0.05, 0) is 25.3 Å². The summed E-state index contributed by atoms with van der Waals surface area (Å²) in [6.07, 6.45) is 2.83. The Labute approximate surface area is 73.7 Å². The van der Waals surface area contributed by atoms with E-state index in [0.29, 0.717) is 5.92 Å². The zero-order valence-corrected chi connectivity index (χ0v) is 7.46. The Kier molecular flexibility index (Phi) is 2.63. The number of hydrogen-bond donors (Lipinski definition) is 2. The Morgan fingerprint density at radius 1 is 1.25 bits per heavy atom. The molecule has 3 heteroatoms. The molecule has 2 atom stereocenters. The molecule has 2 rings (SSSR count). The van der Waals surface area contributed by atoms with E-state index < -0.39 is 0 Å². The second-order valence-electron chi connectivity index (χ2n) is 4.06. The van der Waals surface area contributed by atoms with Gasteiger partial charge >= 0.3 is 0 Å². The predicted octanol–water partition coefficient (Wildman–Crippen LogP) is -0.0403. The number of hydrogen-bond acceptors (Lipinski definition) is 3. The van der Waals surface area contributed by atoms with Crippen LogP contribution >= 0.6 is 0 Å². The number of nitrogens with two attached hydrogens (primary N) is 1. The molecule has 0 radical (unpaired) electrons. The van der Waals surface area contributed by atoms with E-state index in [2.05, 4.69) is 5.32 Å². The number of rotatable bonds is 4. The lowest BCUT2D eigenvalue weighted by molar-refractivity contribution is 0.184. The molecule has 0 aromatic carbocycles. The van der Waals surface area contributed by atoms with Crippen molar-refractivity contribution in [1.29, 1.82) is 0 Å². The van der Waals surface area contributed by atoms with Crippen LogP contribution in [0.3, 0.4) is 0 Å².